The molecule has 0 amide bonds. The maximum Gasteiger partial charge on any atom is 0.333 e. The molecule has 0 spiro atoms. The van der Waals surface area contributed by atoms with Crippen molar-refractivity contribution in [3.8, 4) is 0 Å². The van der Waals surface area contributed by atoms with Crippen molar-refractivity contribution in [3.05, 3.63) is 37.8 Å². The molecule has 0 saturated carbocycles. The standard InChI is InChI=1S/C14H22O4/c1-6-14(9-16-7-2,10-17-8-3)11-18-13(15)12(4)5/h7-8H,2-4,6,9-11H2,1,5H3. The molecule has 102 valence electrons. The second-order valence-electron chi connectivity index (χ2n) is 4.17. The highest BCUT2D eigenvalue weighted by Crippen LogP contribution is 2.24. The van der Waals surface area contributed by atoms with Crippen LogP contribution in [0.5, 0.6) is 0 Å². The van der Waals surface area contributed by atoms with Crippen LogP contribution in [0.15, 0.2) is 37.8 Å². The molecule has 0 aromatic carbocycles. The highest BCUT2D eigenvalue weighted by Gasteiger charge is 2.32. The van der Waals surface area contributed by atoms with Crippen molar-refractivity contribution < 1.29 is 19.0 Å². The van der Waals surface area contributed by atoms with Crippen LogP contribution in [0.2, 0.25) is 0 Å². The number of hydrogen-bond donors (Lipinski definition) is 0. The van der Waals surface area contributed by atoms with Crippen LogP contribution in [0.3, 0.4) is 0 Å². The van der Waals surface area contributed by atoms with Crippen molar-refractivity contribution in [1.29, 1.82) is 0 Å². The van der Waals surface area contributed by atoms with Gasteiger partial charge in [-0.3, -0.25) is 0 Å². The number of carbonyl (C=O) groups is 1. The summed E-state index contributed by atoms with van der Waals surface area (Å²) in [5.74, 6) is -0.412. The molecule has 0 saturated heterocycles. The van der Waals surface area contributed by atoms with Gasteiger partial charge in [0.05, 0.1) is 31.2 Å². The van der Waals surface area contributed by atoms with E-state index in [-0.39, 0.29) is 6.61 Å². The minimum Gasteiger partial charge on any atom is -0.501 e. The molecule has 0 bridgehead atoms. The van der Waals surface area contributed by atoms with E-state index in [4.69, 9.17) is 14.2 Å². The van der Waals surface area contributed by atoms with Gasteiger partial charge in [0, 0.05) is 5.57 Å². The minimum atomic E-state index is -0.412. The van der Waals surface area contributed by atoms with Crippen LogP contribution < -0.4 is 0 Å². The Morgan fingerprint density at radius 3 is 2.00 bits per heavy atom. The number of esters is 1. The molecule has 0 fully saturated rings. The fourth-order valence-electron chi connectivity index (χ4n) is 1.24. The third-order valence-corrected chi connectivity index (χ3v) is 2.62. The first kappa shape index (κ1) is 16.3. The predicted molar refractivity (Wildman–Crippen MR) is 70.8 cm³/mol. The fraction of sp³-hybridized carbons (Fsp3) is 0.500. The number of carbonyl (C=O) groups excluding carboxylic acids is 1. The Hall–Kier alpha value is -1.71. The molecule has 0 radical (unpaired) electrons. The molecule has 0 aromatic rings. The summed E-state index contributed by atoms with van der Waals surface area (Å²) in [5, 5.41) is 0. The summed E-state index contributed by atoms with van der Waals surface area (Å²) < 4.78 is 15.6. The van der Waals surface area contributed by atoms with E-state index in [1.54, 1.807) is 6.92 Å². The van der Waals surface area contributed by atoms with Crippen molar-refractivity contribution in [2.75, 3.05) is 19.8 Å². The van der Waals surface area contributed by atoms with E-state index in [2.05, 4.69) is 19.7 Å². The minimum absolute atomic E-state index is 0.205. The van der Waals surface area contributed by atoms with Crippen LogP contribution >= 0.6 is 0 Å². The topological polar surface area (TPSA) is 44.8 Å². The van der Waals surface area contributed by atoms with Crippen LogP contribution in [0.25, 0.3) is 0 Å². The van der Waals surface area contributed by atoms with Crippen molar-refractivity contribution >= 4 is 5.97 Å². The lowest BCUT2D eigenvalue weighted by Crippen LogP contribution is -2.36. The van der Waals surface area contributed by atoms with Gasteiger partial charge in [-0.25, -0.2) is 4.79 Å². The highest BCUT2D eigenvalue weighted by molar-refractivity contribution is 5.86. The zero-order valence-corrected chi connectivity index (χ0v) is 11.2. The van der Waals surface area contributed by atoms with Crippen LogP contribution in [0.1, 0.15) is 20.3 Å². The molecule has 0 aliphatic heterocycles. The summed E-state index contributed by atoms with van der Waals surface area (Å²) in [5.41, 5.74) is -0.0395. The lowest BCUT2D eigenvalue weighted by atomic mass is 9.88. The van der Waals surface area contributed by atoms with Crippen LogP contribution in [-0.2, 0) is 19.0 Å². The summed E-state index contributed by atoms with van der Waals surface area (Å²) in [7, 11) is 0. The van der Waals surface area contributed by atoms with Gasteiger partial charge < -0.3 is 14.2 Å². The van der Waals surface area contributed by atoms with Gasteiger partial charge >= 0.3 is 5.97 Å². The van der Waals surface area contributed by atoms with Crippen molar-refractivity contribution in [3.63, 3.8) is 0 Å². The van der Waals surface area contributed by atoms with E-state index in [9.17, 15) is 4.79 Å². The molecule has 18 heavy (non-hydrogen) atoms. The summed E-state index contributed by atoms with van der Waals surface area (Å²) in [4.78, 5) is 11.4. The molecule has 0 unspecified atom stereocenters. The molecule has 4 nitrogen and oxygen atoms in total. The van der Waals surface area contributed by atoms with Crippen molar-refractivity contribution in [2.45, 2.75) is 20.3 Å². The van der Waals surface area contributed by atoms with Crippen LogP contribution in [0, 0.1) is 5.41 Å². The molecule has 0 rings (SSSR count). The molecular formula is C14H22O4. The highest BCUT2D eigenvalue weighted by atomic mass is 16.5. The lowest BCUT2D eigenvalue weighted by molar-refractivity contribution is -0.145. The zero-order chi connectivity index (χ0) is 14.0. The molecule has 0 atom stereocenters. The molecule has 0 aromatic heterocycles. The zero-order valence-electron chi connectivity index (χ0n) is 11.2. The average molecular weight is 254 g/mol. The summed E-state index contributed by atoms with van der Waals surface area (Å²) in [6, 6.07) is 0. The van der Waals surface area contributed by atoms with E-state index < -0.39 is 11.4 Å². The Balaban J connectivity index is 4.59. The normalized spacial score (nSPS) is 10.3. The third-order valence-electron chi connectivity index (χ3n) is 2.62. The second-order valence-corrected chi connectivity index (χ2v) is 4.17. The molecule has 0 heterocycles. The summed E-state index contributed by atoms with van der Waals surface area (Å²) in [6.45, 7) is 15.1. The van der Waals surface area contributed by atoms with Gasteiger partial charge in [-0.1, -0.05) is 26.7 Å². The number of hydrogen-bond acceptors (Lipinski definition) is 4. The molecule has 0 aliphatic rings. The van der Waals surface area contributed by atoms with Gasteiger partial charge in [-0.05, 0) is 13.3 Å². The SMILES string of the molecule is C=COCC(CC)(COC=C)COC(=O)C(=C)C. The Kier molecular flexibility index (Phi) is 7.59. The molecule has 4 heteroatoms. The van der Waals surface area contributed by atoms with Gasteiger partial charge in [0.15, 0.2) is 0 Å². The second kappa shape index (κ2) is 8.39. The Bertz CT molecular complexity index is 295. The van der Waals surface area contributed by atoms with E-state index in [0.717, 1.165) is 6.42 Å². The fourth-order valence-corrected chi connectivity index (χ4v) is 1.24. The number of rotatable bonds is 10. The van der Waals surface area contributed by atoms with Gasteiger partial charge in [-0.15, -0.1) is 0 Å². The molecule has 0 aliphatic carbocycles. The first-order chi connectivity index (χ1) is 8.51. The van der Waals surface area contributed by atoms with E-state index in [0.29, 0.717) is 18.8 Å². The Morgan fingerprint density at radius 1 is 1.17 bits per heavy atom. The first-order valence-electron chi connectivity index (χ1n) is 5.79. The Morgan fingerprint density at radius 2 is 1.67 bits per heavy atom. The van der Waals surface area contributed by atoms with Crippen LogP contribution in [-0.4, -0.2) is 25.8 Å². The smallest absolute Gasteiger partial charge is 0.333 e. The average Bonchev–Trinajstić information content (AvgIpc) is 2.38. The lowest BCUT2D eigenvalue weighted by Gasteiger charge is -2.30. The van der Waals surface area contributed by atoms with E-state index in [1.807, 2.05) is 6.92 Å². The summed E-state index contributed by atoms with van der Waals surface area (Å²) in [6.07, 6.45) is 3.45. The first-order valence-corrected chi connectivity index (χ1v) is 5.79. The van der Waals surface area contributed by atoms with Gasteiger partial charge in [-0.2, -0.15) is 0 Å². The van der Waals surface area contributed by atoms with Crippen molar-refractivity contribution in [1.82, 2.24) is 0 Å². The maximum absolute atomic E-state index is 11.4. The predicted octanol–water partition coefficient (Wildman–Crippen LogP) is 2.82. The van der Waals surface area contributed by atoms with Crippen molar-refractivity contribution in [2.24, 2.45) is 5.41 Å². The maximum atomic E-state index is 11.4. The van der Waals surface area contributed by atoms with Crippen LogP contribution in [0.4, 0.5) is 0 Å². The van der Waals surface area contributed by atoms with E-state index >= 15 is 0 Å². The van der Waals surface area contributed by atoms with E-state index in [1.165, 1.54) is 12.5 Å². The Labute approximate surface area is 109 Å². The van der Waals surface area contributed by atoms with Gasteiger partial charge in [0.1, 0.15) is 6.61 Å². The summed E-state index contributed by atoms with van der Waals surface area (Å²) >= 11 is 0. The molecular weight excluding hydrogens is 232 g/mol. The molecule has 0 N–H and O–H groups in total. The largest absolute Gasteiger partial charge is 0.501 e. The monoisotopic (exact) mass is 254 g/mol. The quantitative estimate of drug-likeness (QED) is 0.341. The van der Waals surface area contributed by atoms with Gasteiger partial charge in [0.25, 0.3) is 0 Å². The van der Waals surface area contributed by atoms with Gasteiger partial charge in [0.2, 0.25) is 0 Å². The number of ether oxygens (including phenoxy) is 3. The third kappa shape index (κ3) is 5.57.